The van der Waals surface area contributed by atoms with Crippen molar-refractivity contribution in [2.45, 2.75) is 0 Å². The van der Waals surface area contributed by atoms with Gasteiger partial charge in [-0.05, 0) is 0 Å². The lowest BCUT2D eigenvalue weighted by molar-refractivity contribution is 0.260. The summed E-state index contributed by atoms with van der Waals surface area (Å²) in [6, 6.07) is 0. The summed E-state index contributed by atoms with van der Waals surface area (Å²) in [5, 5.41) is 1.25. The van der Waals surface area contributed by atoms with Crippen LogP contribution in [0.15, 0.2) is 12.4 Å². The van der Waals surface area contributed by atoms with Crippen LogP contribution in [0.25, 0.3) is 0 Å². The molecule has 6 nitrogen and oxygen atoms in total. The molecule has 0 atom stereocenters. The van der Waals surface area contributed by atoms with E-state index in [-0.39, 0.29) is 0 Å². The first kappa shape index (κ1) is 8.31. The molecule has 2 N–H and O–H groups in total. The van der Waals surface area contributed by atoms with Crippen LogP contribution in [0.3, 0.4) is 0 Å². The Labute approximate surface area is 64.9 Å². The lowest BCUT2D eigenvalue weighted by atomic mass is 10.9. The van der Waals surface area contributed by atoms with Crippen LogP contribution in [0.2, 0.25) is 0 Å². The van der Waals surface area contributed by atoms with Crippen molar-refractivity contribution in [2.24, 2.45) is 0 Å². The molecular formula is C4H9N3O3S. The van der Waals surface area contributed by atoms with E-state index in [2.05, 4.69) is 0 Å². The maximum Gasteiger partial charge on any atom is 0.350 e. The highest BCUT2D eigenvalue weighted by molar-refractivity contribution is 7.83. The summed E-state index contributed by atoms with van der Waals surface area (Å²) in [5.41, 5.74) is 0. The second-order valence-corrected chi connectivity index (χ2v) is 3.37. The molecule has 1 rings (SSSR count). The Morgan fingerprint density at radius 2 is 2.18 bits per heavy atom. The second kappa shape index (κ2) is 2.68. The van der Waals surface area contributed by atoms with Gasteiger partial charge >= 0.3 is 10.3 Å². The molecular weight excluding hydrogens is 170 g/mol. The molecule has 0 saturated carbocycles. The highest BCUT2D eigenvalue weighted by atomic mass is 32.2. The number of rotatable bonds is 2. The van der Waals surface area contributed by atoms with E-state index in [1.54, 1.807) is 18.1 Å². The minimum atomic E-state index is -4.13. The Morgan fingerprint density at radius 3 is 2.55 bits per heavy atom. The number of nitrogens with zero attached hydrogens (tertiary/aromatic N) is 2. The molecule has 0 amide bonds. The van der Waals surface area contributed by atoms with E-state index in [1.165, 1.54) is 11.2 Å². The molecule has 64 valence electrons. The van der Waals surface area contributed by atoms with Crippen molar-refractivity contribution in [3.8, 4) is 0 Å². The Balaban J connectivity index is 2.48. The molecule has 0 unspecified atom stereocenters. The zero-order chi connectivity index (χ0) is 8.48. The lowest BCUT2D eigenvalue weighted by Crippen LogP contribution is -2.39. The highest BCUT2D eigenvalue weighted by Crippen LogP contribution is 1.99. The van der Waals surface area contributed by atoms with Gasteiger partial charge in [0.05, 0.1) is 0 Å². The third-order valence-electron chi connectivity index (χ3n) is 1.11. The Kier molecular flexibility index (Phi) is 2.03. The molecule has 11 heavy (non-hydrogen) atoms. The first-order chi connectivity index (χ1) is 4.97. The average molecular weight is 179 g/mol. The van der Waals surface area contributed by atoms with Crippen LogP contribution in [0, 0.1) is 0 Å². The minimum absolute atomic E-state index is 0.389. The van der Waals surface area contributed by atoms with Gasteiger partial charge in [-0.25, -0.2) is 0 Å². The maximum absolute atomic E-state index is 10.2. The first-order valence-corrected chi connectivity index (χ1v) is 4.31. The minimum Gasteiger partial charge on any atom is -0.360 e. The summed E-state index contributed by atoms with van der Waals surface area (Å²) in [6.07, 6.45) is 3.19. The van der Waals surface area contributed by atoms with E-state index < -0.39 is 10.3 Å². The smallest absolute Gasteiger partial charge is 0.350 e. The molecule has 0 aromatic rings. The van der Waals surface area contributed by atoms with Crippen LogP contribution in [-0.2, 0) is 10.3 Å². The predicted octanol–water partition coefficient (Wildman–Crippen LogP) is -1.03. The molecule has 0 radical (unpaired) electrons. The summed E-state index contributed by atoms with van der Waals surface area (Å²) < 4.78 is 28.8. The summed E-state index contributed by atoms with van der Waals surface area (Å²) in [7, 11) is -2.35. The van der Waals surface area contributed by atoms with Crippen molar-refractivity contribution in [3.63, 3.8) is 0 Å². The molecule has 1 aliphatic heterocycles. The molecule has 0 bridgehead atoms. The summed E-state index contributed by atoms with van der Waals surface area (Å²) in [5.74, 6) is 0. The van der Waals surface area contributed by atoms with Gasteiger partial charge < -0.3 is 4.90 Å². The molecule has 1 heterocycles. The van der Waals surface area contributed by atoms with E-state index in [0.29, 0.717) is 6.67 Å². The largest absolute Gasteiger partial charge is 0.360 e. The van der Waals surface area contributed by atoms with Gasteiger partial charge in [-0.2, -0.15) is 8.42 Å². The fraction of sp³-hybridized carbons (Fsp3) is 0.500. The standard InChI is InChI=1S/C4H9N3O3S/c1-6-2-3-7(4-6)5-11(8,9)10/h2-3,5H,4H2,1H3,(H,8,9,10). The summed E-state index contributed by atoms with van der Waals surface area (Å²) >= 11 is 0. The van der Waals surface area contributed by atoms with Crippen LogP contribution >= 0.6 is 0 Å². The molecule has 0 spiro atoms. The van der Waals surface area contributed by atoms with Gasteiger partial charge in [-0.15, -0.1) is 4.83 Å². The fourth-order valence-corrected chi connectivity index (χ4v) is 1.15. The van der Waals surface area contributed by atoms with Crippen molar-refractivity contribution in [1.29, 1.82) is 0 Å². The number of hydrogen-bond acceptors (Lipinski definition) is 4. The van der Waals surface area contributed by atoms with Crippen molar-refractivity contribution < 1.29 is 13.0 Å². The van der Waals surface area contributed by atoms with Crippen LogP contribution < -0.4 is 4.83 Å². The quantitative estimate of drug-likeness (QED) is 0.530. The molecule has 0 aliphatic carbocycles. The normalized spacial score (nSPS) is 18.0. The highest BCUT2D eigenvalue weighted by Gasteiger charge is 2.13. The van der Waals surface area contributed by atoms with Gasteiger partial charge in [0.2, 0.25) is 0 Å². The van der Waals surface area contributed by atoms with Crippen molar-refractivity contribution >= 4 is 10.3 Å². The molecule has 0 saturated heterocycles. The van der Waals surface area contributed by atoms with Crippen LogP contribution in [0.4, 0.5) is 0 Å². The first-order valence-electron chi connectivity index (χ1n) is 2.87. The predicted molar refractivity (Wildman–Crippen MR) is 38.3 cm³/mol. The van der Waals surface area contributed by atoms with E-state index in [9.17, 15) is 8.42 Å². The number of hydrazine groups is 1. The van der Waals surface area contributed by atoms with Gasteiger partial charge in [-0.3, -0.25) is 9.56 Å². The molecule has 0 aromatic heterocycles. The molecule has 1 aliphatic rings. The van der Waals surface area contributed by atoms with Crippen molar-refractivity contribution in [2.75, 3.05) is 13.7 Å². The lowest BCUT2D eigenvalue weighted by Gasteiger charge is -2.16. The third kappa shape index (κ3) is 2.74. The number of nitrogens with one attached hydrogen (secondary N) is 1. The average Bonchev–Trinajstić information content (AvgIpc) is 2.10. The van der Waals surface area contributed by atoms with Gasteiger partial charge in [0.25, 0.3) is 0 Å². The second-order valence-electron chi connectivity index (χ2n) is 2.23. The fourth-order valence-electron chi connectivity index (χ4n) is 0.736. The van der Waals surface area contributed by atoms with Crippen LogP contribution in [0.1, 0.15) is 0 Å². The SMILES string of the molecule is CN1C=CN(NS(=O)(=O)O)C1. The number of hydrogen-bond donors (Lipinski definition) is 2. The maximum atomic E-state index is 10.2. The van der Waals surface area contributed by atoms with Crippen LogP contribution in [0.5, 0.6) is 0 Å². The van der Waals surface area contributed by atoms with Gasteiger partial charge in [0.15, 0.2) is 0 Å². The third-order valence-corrected chi connectivity index (χ3v) is 1.57. The van der Waals surface area contributed by atoms with E-state index in [4.69, 9.17) is 4.55 Å². The summed E-state index contributed by atoms with van der Waals surface area (Å²) in [4.78, 5) is 3.63. The zero-order valence-electron chi connectivity index (χ0n) is 5.93. The topological polar surface area (TPSA) is 72.9 Å². The Morgan fingerprint density at radius 1 is 1.55 bits per heavy atom. The van der Waals surface area contributed by atoms with Gasteiger partial charge in [-0.1, -0.05) is 0 Å². The van der Waals surface area contributed by atoms with Crippen molar-refractivity contribution in [3.05, 3.63) is 12.4 Å². The van der Waals surface area contributed by atoms with Crippen LogP contribution in [-0.4, -0.2) is 36.6 Å². The molecule has 7 heteroatoms. The van der Waals surface area contributed by atoms with E-state index >= 15 is 0 Å². The van der Waals surface area contributed by atoms with Gasteiger partial charge in [0.1, 0.15) is 6.67 Å². The zero-order valence-corrected chi connectivity index (χ0v) is 6.74. The van der Waals surface area contributed by atoms with E-state index in [0.717, 1.165) is 0 Å². The van der Waals surface area contributed by atoms with Crippen molar-refractivity contribution in [1.82, 2.24) is 14.7 Å². The van der Waals surface area contributed by atoms with E-state index in [1.807, 2.05) is 4.83 Å². The monoisotopic (exact) mass is 179 g/mol. The Bertz CT molecular complexity index is 260. The Hall–Kier alpha value is -0.790. The molecule has 0 aromatic carbocycles. The van der Waals surface area contributed by atoms with Gasteiger partial charge in [0, 0.05) is 19.4 Å². The molecule has 0 fully saturated rings. The summed E-state index contributed by atoms with van der Waals surface area (Å²) in [6.45, 7) is 0.389.